The molecule has 0 radical (unpaired) electrons. The van der Waals surface area contributed by atoms with E-state index in [2.05, 4.69) is 5.32 Å². The SMILES string of the molecule is CCC1(C(=O)Nc2ccc(C)c(C(F)(F)F)c2)CN(c2c(C)cccc2C)C(=O)C1C. The first kappa shape index (κ1) is 22.8. The zero-order valence-corrected chi connectivity index (χ0v) is 18.4. The van der Waals surface area contributed by atoms with Crippen LogP contribution in [0.5, 0.6) is 0 Å². The summed E-state index contributed by atoms with van der Waals surface area (Å²) < 4.78 is 39.8. The van der Waals surface area contributed by atoms with E-state index in [9.17, 15) is 22.8 Å². The first-order valence-electron chi connectivity index (χ1n) is 10.3. The van der Waals surface area contributed by atoms with Crippen LogP contribution in [0.4, 0.5) is 24.5 Å². The fraction of sp³-hybridized carbons (Fsp3) is 0.417. The molecule has 2 aromatic rings. The van der Waals surface area contributed by atoms with E-state index in [0.717, 1.165) is 22.9 Å². The molecule has 2 amide bonds. The highest BCUT2D eigenvalue weighted by Crippen LogP contribution is 2.44. The molecule has 7 heteroatoms. The van der Waals surface area contributed by atoms with Gasteiger partial charge in [-0.25, -0.2) is 0 Å². The van der Waals surface area contributed by atoms with Gasteiger partial charge in [-0.3, -0.25) is 9.59 Å². The maximum absolute atomic E-state index is 13.3. The van der Waals surface area contributed by atoms with Crippen molar-refractivity contribution in [3.8, 4) is 0 Å². The Morgan fingerprint density at radius 3 is 2.29 bits per heavy atom. The van der Waals surface area contributed by atoms with Crippen molar-refractivity contribution in [2.75, 3.05) is 16.8 Å². The van der Waals surface area contributed by atoms with Gasteiger partial charge in [0, 0.05) is 17.9 Å². The quantitative estimate of drug-likeness (QED) is 0.679. The maximum atomic E-state index is 13.3. The Morgan fingerprint density at radius 2 is 1.74 bits per heavy atom. The molecule has 2 atom stereocenters. The number of benzene rings is 2. The number of halogens is 3. The second kappa shape index (κ2) is 8.02. The Hall–Kier alpha value is -2.83. The molecule has 1 N–H and O–H groups in total. The van der Waals surface area contributed by atoms with E-state index < -0.39 is 29.0 Å². The monoisotopic (exact) mass is 432 g/mol. The fourth-order valence-corrected chi connectivity index (χ4v) is 4.50. The first-order valence-corrected chi connectivity index (χ1v) is 10.3. The normalized spacial score (nSPS) is 21.5. The van der Waals surface area contributed by atoms with Crippen LogP contribution in [0.2, 0.25) is 0 Å². The zero-order valence-electron chi connectivity index (χ0n) is 18.4. The zero-order chi connectivity index (χ0) is 23.1. The summed E-state index contributed by atoms with van der Waals surface area (Å²) in [4.78, 5) is 28.2. The molecule has 1 aliphatic heterocycles. The summed E-state index contributed by atoms with van der Waals surface area (Å²) >= 11 is 0. The van der Waals surface area contributed by atoms with Crippen LogP contribution in [-0.2, 0) is 15.8 Å². The van der Waals surface area contributed by atoms with E-state index in [1.54, 1.807) is 11.8 Å². The molecule has 0 bridgehead atoms. The summed E-state index contributed by atoms with van der Waals surface area (Å²) in [6.07, 6.45) is -4.13. The van der Waals surface area contributed by atoms with Crippen molar-refractivity contribution >= 4 is 23.2 Å². The highest BCUT2D eigenvalue weighted by atomic mass is 19.4. The average Bonchev–Trinajstić information content (AvgIpc) is 2.94. The van der Waals surface area contributed by atoms with Crippen LogP contribution >= 0.6 is 0 Å². The second-order valence-corrected chi connectivity index (χ2v) is 8.38. The molecule has 0 aliphatic carbocycles. The highest BCUT2D eigenvalue weighted by Gasteiger charge is 2.54. The smallest absolute Gasteiger partial charge is 0.326 e. The van der Waals surface area contributed by atoms with Gasteiger partial charge >= 0.3 is 6.18 Å². The molecule has 166 valence electrons. The number of rotatable bonds is 4. The number of hydrogen-bond acceptors (Lipinski definition) is 2. The van der Waals surface area contributed by atoms with Gasteiger partial charge < -0.3 is 10.2 Å². The molecule has 0 aromatic heterocycles. The number of nitrogens with zero attached hydrogens (tertiary/aromatic N) is 1. The lowest BCUT2D eigenvalue weighted by Gasteiger charge is -2.30. The van der Waals surface area contributed by atoms with Crippen molar-refractivity contribution in [2.24, 2.45) is 11.3 Å². The molecule has 0 spiro atoms. The number of amides is 2. The van der Waals surface area contributed by atoms with Crippen molar-refractivity contribution in [1.82, 2.24) is 0 Å². The lowest BCUT2D eigenvalue weighted by atomic mass is 9.75. The van der Waals surface area contributed by atoms with E-state index in [-0.39, 0.29) is 23.7 Å². The number of carbonyl (C=O) groups is 2. The van der Waals surface area contributed by atoms with Crippen molar-refractivity contribution in [3.05, 3.63) is 58.7 Å². The summed E-state index contributed by atoms with van der Waals surface area (Å²) in [5.41, 5.74) is 0.972. The molecular weight excluding hydrogens is 405 g/mol. The van der Waals surface area contributed by atoms with Crippen LogP contribution in [-0.4, -0.2) is 18.4 Å². The molecule has 4 nitrogen and oxygen atoms in total. The Morgan fingerprint density at radius 1 is 1.13 bits per heavy atom. The van der Waals surface area contributed by atoms with Gasteiger partial charge in [-0.15, -0.1) is 0 Å². The van der Waals surface area contributed by atoms with E-state index in [1.807, 2.05) is 39.0 Å². The highest BCUT2D eigenvalue weighted by molar-refractivity contribution is 6.07. The Kier molecular flexibility index (Phi) is 5.91. The van der Waals surface area contributed by atoms with Gasteiger partial charge in [0.15, 0.2) is 0 Å². The van der Waals surface area contributed by atoms with Gasteiger partial charge in [0.1, 0.15) is 0 Å². The van der Waals surface area contributed by atoms with Gasteiger partial charge in [0.05, 0.1) is 16.9 Å². The number of para-hydroxylation sites is 1. The maximum Gasteiger partial charge on any atom is 0.416 e. The van der Waals surface area contributed by atoms with Gasteiger partial charge in [-0.2, -0.15) is 13.2 Å². The molecular formula is C24H27F3N2O2. The van der Waals surface area contributed by atoms with E-state index >= 15 is 0 Å². The molecule has 31 heavy (non-hydrogen) atoms. The predicted octanol–water partition coefficient (Wildman–Crippen LogP) is 5.65. The van der Waals surface area contributed by atoms with E-state index in [1.165, 1.54) is 19.1 Å². The fourth-order valence-electron chi connectivity index (χ4n) is 4.50. The molecule has 1 fully saturated rings. The molecule has 2 aromatic carbocycles. The topological polar surface area (TPSA) is 49.4 Å². The second-order valence-electron chi connectivity index (χ2n) is 8.38. The number of alkyl halides is 3. The predicted molar refractivity (Wildman–Crippen MR) is 115 cm³/mol. The summed E-state index contributed by atoms with van der Waals surface area (Å²) in [7, 11) is 0. The molecule has 2 unspecified atom stereocenters. The van der Waals surface area contributed by atoms with Gasteiger partial charge in [-0.05, 0) is 56.0 Å². The average molecular weight is 432 g/mol. The number of carbonyl (C=O) groups excluding carboxylic acids is 2. The van der Waals surface area contributed by atoms with Crippen molar-refractivity contribution in [3.63, 3.8) is 0 Å². The molecule has 1 aliphatic rings. The Bertz CT molecular complexity index is 1010. The third-order valence-corrected chi connectivity index (χ3v) is 6.50. The number of nitrogens with one attached hydrogen (secondary N) is 1. The van der Waals surface area contributed by atoms with Crippen LogP contribution < -0.4 is 10.2 Å². The number of anilines is 2. The van der Waals surface area contributed by atoms with Crippen molar-refractivity contribution in [1.29, 1.82) is 0 Å². The lowest BCUT2D eigenvalue weighted by Crippen LogP contribution is -2.42. The number of hydrogen-bond donors (Lipinski definition) is 1. The van der Waals surface area contributed by atoms with Crippen LogP contribution in [0.1, 0.15) is 42.5 Å². The van der Waals surface area contributed by atoms with E-state index in [0.29, 0.717) is 6.42 Å². The van der Waals surface area contributed by atoms with Crippen LogP contribution in [0.15, 0.2) is 36.4 Å². The van der Waals surface area contributed by atoms with Gasteiger partial charge in [0.25, 0.3) is 0 Å². The molecule has 1 heterocycles. The summed E-state index contributed by atoms with van der Waals surface area (Å²) in [5.74, 6) is -1.21. The summed E-state index contributed by atoms with van der Waals surface area (Å²) in [6.45, 7) is 8.93. The minimum Gasteiger partial charge on any atom is -0.326 e. The van der Waals surface area contributed by atoms with Gasteiger partial charge in [-0.1, -0.05) is 38.1 Å². The van der Waals surface area contributed by atoms with Crippen LogP contribution in [0, 0.1) is 32.1 Å². The summed E-state index contributed by atoms with van der Waals surface area (Å²) in [6, 6.07) is 9.48. The number of aryl methyl sites for hydroxylation is 3. The molecule has 3 rings (SSSR count). The third-order valence-electron chi connectivity index (χ3n) is 6.50. The van der Waals surface area contributed by atoms with E-state index in [4.69, 9.17) is 0 Å². The van der Waals surface area contributed by atoms with Crippen molar-refractivity contribution < 1.29 is 22.8 Å². The third kappa shape index (κ3) is 3.93. The minimum atomic E-state index is -4.51. The Balaban J connectivity index is 1.95. The van der Waals surface area contributed by atoms with Crippen LogP contribution in [0.25, 0.3) is 0 Å². The van der Waals surface area contributed by atoms with Gasteiger partial charge in [0.2, 0.25) is 11.8 Å². The molecule has 0 saturated carbocycles. The largest absolute Gasteiger partial charge is 0.416 e. The minimum absolute atomic E-state index is 0.0703. The van der Waals surface area contributed by atoms with Crippen LogP contribution in [0.3, 0.4) is 0 Å². The summed E-state index contributed by atoms with van der Waals surface area (Å²) in [5, 5.41) is 2.65. The van der Waals surface area contributed by atoms with Crippen molar-refractivity contribution in [2.45, 2.75) is 47.2 Å². The standard InChI is InChI=1S/C24H27F3N2O2/c1-6-23(22(31)28-18-11-10-14(2)19(12-18)24(25,26)27)13-29(21(30)17(23)5)20-15(3)8-7-9-16(20)4/h7-12,17H,6,13H2,1-5H3,(H,28,31). The lowest BCUT2D eigenvalue weighted by molar-refractivity contribution is -0.138. The molecule has 1 saturated heterocycles. The Labute approximate surface area is 180 Å². The first-order chi connectivity index (χ1) is 14.4.